The number of hydrogen-bond donors (Lipinski definition) is 1. The van der Waals surface area contributed by atoms with Gasteiger partial charge in [0.15, 0.2) is 0 Å². The van der Waals surface area contributed by atoms with Crippen LogP contribution >= 0.6 is 0 Å². The van der Waals surface area contributed by atoms with Crippen LogP contribution in [-0.2, 0) is 6.54 Å². The quantitative estimate of drug-likeness (QED) is 0.839. The van der Waals surface area contributed by atoms with Crippen LogP contribution in [0.15, 0.2) is 24.3 Å². The van der Waals surface area contributed by atoms with Crippen molar-refractivity contribution in [1.29, 1.82) is 5.26 Å². The Labute approximate surface area is 97.3 Å². The van der Waals surface area contributed by atoms with Gasteiger partial charge in [0.25, 0.3) is 0 Å². The third kappa shape index (κ3) is 2.62. The molecule has 0 aromatic heterocycles. The smallest absolute Gasteiger partial charge is 0.0991 e. The van der Waals surface area contributed by atoms with Crippen LogP contribution < -0.4 is 5.32 Å². The molecule has 16 heavy (non-hydrogen) atoms. The van der Waals surface area contributed by atoms with E-state index in [1.165, 1.54) is 24.8 Å². The lowest BCUT2D eigenvalue weighted by atomic mass is 10.1. The Balaban J connectivity index is 1.87. The van der Waals surface area contributed by atoms with Crippen molar-refractivity contribution in [1.82, 2.24) is 5.32 Å². The van der Waals surface area contributed by atoms with Crippen LogP contribution in [0.4, 0.5) is 0 Å². The summed E-state index contributed by atoms with van der Waals surface area (Å²) >= 11 is 0. The van der Waals surface area contributed by atoms with E-state index in [0.717, 1.165) is 18.0 Å². The molecule has 0 bridgehead atoms. The Kier molecular flexibility index (Phi) is 3.58. The maximum atomic E-state index is 8.70. The summed E-state index contributed by atoms with van der Waals surface area (Å²) in [6.07, 6.45) is 4.01. The van der Waals surface area contributed by atoms with E-state index in [9.17, 15) is 0 Å². The maximum Gasteiger partial charge on any atom is 0.0991 e. The van der Waals surface area contributed by atoms with Crippen LogP contribution in [0.25, 0.3) is 0 Å². The largest absolute Gasteiger partial charge is 0.310 e. The molecule has 2 heteroatoms. The molecule has 1 aliphatic rings. The number of nitrogens with one attached hydrogen (secondary N) is 1. The second kappa shape index (κ2) is 5.14. The summed E-state index contributed by atoms with van der Waals surface area (Å²) in [6.45, 7) is 3.24. The first-order chi connectivity index (χ1) is 7.79. The fourth-order valence-corrected chi connectivity index (χ4v) is 2.39. The van der Waals surface area contributed by atoms with Gasteiger partial charge in [-0.05, 0) is 36.5 Å². The average molecular weight is 214 g/mol. The van der Waals surface area contributed by atoms with Crippen molar-refractivity contribution < 1.29 is 0 Å². The van der Waals surface area contributed by atoms with E-state index in [1.807, 2.05) is 24.3 Å². The van der Waals surface area contributed by atoms with E-state index in [1.54, 1.807) is 0 Å². The predicted octanol–water partition coefficient (Wildman–Crippen LogP) is 2.84. The summed E-state index contributed by atoms with van der Waals surface area (Å²) in [6, 6.07) is 10.6. The molecular weight excluding hydrogens is 196 g/mol. The Morgan fingerprint density at radius 3 is 2.62 bits per heavy atom. The molecule has 0 amide bonds. The topological polar surface area (TPSA) is 35.8 Å². The van der Waals surface area contributed by atoms with E-state index < -0.39 is 0 Å². The van der Waals surface area contributed by atoms with Crippen LogP contribution in [0.2, 0.25) is 0 Å². The van der Waals surface area contributed by atoms with Crippen LogP contribution in [0.3, 0.4) is 0 Å². The van der Waals surface area contributed by atoms with E-state index >= 15 is 0 Å². The molecule has 84 valence electrons. The number of nitriles is 1. The van der Waals surface area contributed by atoms with Gasteiger partial charge < -0.3 is 5.32 Å². The minimum Gasteiger partial charge on any atom is -0.310 e. The van der Waals surface area contributed by atoms with Crippen molar-refractivity contribution in [2.75, 3.05) is 0 Å². The molecule has 1 aromatic rings. The first-order valence-electron chi connectivity index (χ1n) is 6.02. The Morgan fingerprint density at radius 2 is 2.06 bits per heavy atom. The summed E-state index contributed by atoms with van der Waals surface area (Å²) < 4.78 is 0. The van der Waals surface area contributed by atoms with E-state index in [-0.39, 0.29) is 0 Å². The molecule has 1 aromatic carbocycles. The number of hydrogen-bond acceptors (Lipinski definition) is 2. The first kappa shape index (κ1) is 11.2. The zero-order chi connectivity index (χ0) is 11.4. The summed E-state index contributed by atoms with van der Waals surface area (Å²) in [5, 5.41) is 12.3. The van der Waals surface area contributed by atoms with Gasteiger partial charge in [-0.25, -0.2) is 0 Å². The average Bonchev–Trinajstić information content (AvgIpc) is 2.73. The van der Waals surface area contributed by atoms with Crippen molar-refractivity contribution >= 4 is 0 Å². The molecule has 0 radical (unpaired) electrons. The monoisotopic (exact) mass is 214 g/mol. The second-order valence-corrected chi connectivity index (χ2v) is 4.70. The van der Waals surface area contributed by atoms with Crippen LogP contribution in [0, 0.1) is 17.2 Å². The van der Waals surface area contributed by atoms with Crippen LogP contribution in [-0.4, -0.2) is 6.04 Å². The van der Waals surface area contributed by atoms with Crippen molar-refractivity contribution in [3.8, 4) is 6.07 Å². The standard InChI is InChI=1S/C14H18N2/c1-11-3-2-4-14(11)16-10-13-7-5-12(9-15)6-8-13/h5-8,11,14,16H,2-4,10H2,1H3. The minimum absolute atomic E-state index is 0.677. The first-order valence-corrected chi connectivity index (χ1v) is 6.02. The Morgan fingerprint density at radius 1 is 1.31 bits per heavy atom. The second-order valence-electron chi connectivity index (χ2n) is 4.70. The van der Waals surface area contributed by atoms with Crippen LogP contribution in [0.1, 0.15) is 37.3 Å². The predicted molar refractivity (Wildman–Crippen MR) is 64.8 cm³/mol. The highest BCUT2D eigenvalue weighted by Crippen LogP contribution is 2.24. The molecule has 2 rings (SSSR count). The fraction of sp³-hybridized carbons (Fsp3) is 0.500. The highest BCUT2D eigenvalue weighted by atomic mass is 14.9. The lowest BCUT2D eigenvalue weighted by molar-refractivity contribution is 0.426. The van der Waals surface area contributed by atoms with Crippen molar-refractivity contribution in [3.05, 3.63) is 35.4 Å². The van der Waals surface area contributed by atoms with Gasteiger partial charge in [-0.1, -0.05) is 25.5 Å². The van der Waals surface area contributed by atoms with Gasteiger partial charge in [-0.3, -0.25) is 0 Å². The third-order valence-electron chi connectivity index (χ3n) is 3.51. The maximum absolute atomic E-state index is 8.70. The zero-order valence-corrected chi connectivity index (χ0v) is 9.74. The summed E-state index contributed by atoms with van der Waals surface area (Å²) in [5.74, 6) is 0.804. The molecule has 1 fully saturated rings. The van der Waals surface area contributed by atoms with Gasteiger partial charge in [-0.2, -0.15) is 5.26 Å². The molecule has 2 nitrogen and oxygen atoms in total. The molecular formula is C14H18N2. The van der Waals surface area contributed by atoms with E-state index in [2.05, 4.69) is 18.3 Å². The Hall–Kier alpha value is -1.33. The van der Waals surface area contributed by atoms with Gasteiger partial charge in [-0.15, -0.1) is 0 Å². The third-order valence-corrected chi connectivity index (χ3v) is 3.51. The molecule has 0 saturated heterocycles. The van der Waals surface area contributed by atoms with Gasteiger partial charge in [0.2, 0.25) is 0 Å². The van der Waals surface area contributed by atoms with Gasteiger partial charge >= 0.3 is 0 Å². The van der Waals surface area contributed by atoms with Crippen molar-refractivity contribution in [2.45, 2.75) is 38.8 Å². The summed E-state index contributed by atoms with van der Waals surface area (Å²) in [7, 11) is 0. The van der Waals surface area contributed by atoms with Gasteiger partial charge in [0.1, 0.15) is 0 Å². The molecule has 1 N–H and O–H groups in total. The minimum atomic E-state index is 0.677. The highest BCUT2D eigenvalue weighted by molar-refractivity contribution is 5.31. The molecule has 0 spiro atoms. The fourth-order valence-electron chi connectivity index (χ4n) is 2.39. The molecule has 1 aliphatic carbocycles. The van der Waals surface area contributed by atoms with Gasteiger partial charge in [0, 0.05) is 12.6 Å². The Bertz CT molecular complexity index is 375. The highest BCUT2D eigenvalue weighted by Gasteiger charge is 2.22. The summed E-state index contributed by atoms with van der Waals surface area (Å²) in [5.41, 5.74) is 2.00. The lowest BCUT2D eigenvalue weighted by Crippen LogP contribution is -2.30. The van der Waals surface area contributed by atoms with E-state index in [4.69, 9.17) is 5.26 Å². The lowest BCUT2D eigenvalue weighted by Gasteiger charge is -2.17. The SMILES string of the molecule is CC1CCCC1NCc1ccc(C#N)cc1. The molecule has 1 saturated carbocycles. The molecule has 0 aliphatic heterocycles. The van der Waals surface area contributed by atoms with E-state index in [0.29, 0.717) is 6.04 Å². The van der Waals surface area contributed by atoms with Crippen molar-refractivity contribution in [2.24, 2.45) is 5.92 Å². The normalized spacial score (nSPS) is 24.2. The molecule has 2 unspecified atom stereocenters. The number of nitrogens with zero attached hydrogens (tertiary/aromatic N) is 1. The molecule has 2 atom stereocenters. The number of rotatable bonds is 3. The van der Waals surface area contributed by atoms with Gasteiger partial charge in [0.05, 0.1) is 11.6 Å². The zero-order valence-electron chi connectivity index (χ0n) is 9.74. The molecule has 0 heterocycles. The summed E-state index contributed by atoms with van der Waals surface area (Å²) in [4.78, 5) is 0. The van der Waals surface area contributed by atoms with Crippen LogP contribution in [0.5, 0.6) is 0 Å². The van der Waals surface area contributed by atoms with Crippen molar-refractivity contribution in [3.63, 3.8) is 0 Å². The number of benzene rings is 1.